The van der Waals surface area contributed by atoms with Crippen molar-refractivity contribution in [3.63, 3.8) is 0 Å². The third kappa shape index (κ3) is 4.75. The number of nitrogens with zero attached hydrogens (tertiary/aromatic N) is 3. The van der Waals surface area contributed by atoms with Gasteiger partial charge in [-0.3, -0.25) is 0 Å². The largest absolute Gasteiger partial charge is 0.463 e. The van der Waals surface area contributed by atoms with Crippen molar-refractivity contribution < 1.29 is 17.9 Å². The summed E-state index contributed by atoms with van der Waals surface area (Å²) in [6.07, 6.45) is 0.902. The molecule has 152 valence electrons. The molecular formula is C21H26F3N3O. The summed E-state index contributed by atoms with van der Waals surface area (Å²) in [5, 5.41) is 0. The van der Waals surface area contributed by atoms with Gasteiger partial charge in [-0.1, -0.05) is 38.8 Å². The lowest BCUT2D eigenvalue weighted by Gasteiger charge is -2.24. The van der Waals surface area contributed by atoms with Crippen molar-refractivity contribution in [1.29, 1.82) is 0 Å². The van der Waals surface area contributed by atoms with Crippen molar-refractivity contribution in [2.45, 2.75) is 51.6 Å². The predicted octanol–water partition coefficient (Wildman–Crippen LogP) is 5.96. The molecule has 3 rings (SSSR count). The summed E-state index contributed by atoms with van der Waals surface area (Å²) < 4.78 is 46.1. The molecule has 0 unspecified atom stereocenters. The number of ether oxygens (including phenoxy) is 1. The monoisotopic (exact) mass is 393 g/mol. The molecule has 1 aromatic carbocycles. The van der Waals surface area contributed by atoms with E-state index in [0.29, 0.717) is 18.2 Å². The van der Waals surface area contributed by atoms with Crippen molar-refractivity contribution in [3.05, 3.63) is 41.6 Å². The highest BCUT2D eigenvalue weighted by molar-refractivity contribution is 5.63. The molecule has 1 aliphatic rings. The molecule has 28 heavy (non-hydrogen) atoms. The molecule has 4 nitrogen and oxygen atoms in total. The summed E-state index contributed by atoms with van der Waals surface area (Å²) in [5.41, 5.74) is 0.960. The van der Waals surface area contributed by atoms with E-state index in [4.69, 9.17) is 4.74 Å². The first kappa shape index (κ1) is 20.4. The Morgan fingerprint density at radius 2 is 1.93 bits per heavy atom. The molecule has 7 heteroatoms. The standard InChI is InChI=1S/C21H26F3N3O/c1-14(2)13-28-20-25-12-18(21(22,23)24)19(26-20)27(3)17-10-6-9-16(11-17)15-7-4-5-8-15/h6,9-12,14-15H,4-5,7-8,13H2,1-3H3. The lowest BCUT2D eigenvalue weighted by Crippen LogP contribution is -2.20. The number of benzene rings is 1. The van der Waals surface area contributed by atoms with Crippen LogP contribution < -0.4 is 9.64 Å². The van der Waals surface area contributed by atoms with Gasteiger partial charge in [0.2, 0.25) is 0 Å². The lowest BCUT2D eigenvalue weighted by atomic mass is 9.97. The molecule has 2 aromatic rings. The molecule has 0 spiro atoms. The summed E-state index contributed by atoms with van der Waals surface area (Å²) >= 11 is 0. The summed E-state index contributed by atoms with van der Waals surface area (Å²) in [7, 11) is 1.59. The molecule has 0 atom stereocenters. The van der Waals surface area contributed by atoms with Crippen LogP contribution >= 0.6 is 0 Å². The fourth-order valence-electron chi connectivity index (χ4n) is 3.49. The maximum absolute atomic E-state index is 13.5. The average molecular weight is 393 g/mol. The van der Waals surface area contributed by atoms with Crippen LogP contribution in [0.4, 0.5) is 24.7 Å². The molecule has 1 aromatic heterocycles. The van der Waals surface area contributed by atoms with E-state index in [-0.39, 0.29) is 17.7 Å². The van der Waals surface area contributed by atoms with Crippen LogP contribution in [0.1, 0.15) is 56.6 Å². The molecule has 1 saturated carbocycles. The highest BCUT2D eigenvalue weighted by Gasteiger charge is 2.37. The predicted molar refractivity (Wildman–Crippen MR) is 103 cm³/mol. The number of hydrogen-bond acceptors (Lipinski definition) is 4. The molecule has 0 amide bonds. The van der Waals surface area contributed by atoms with E-state index in [1.54, 1.807) is 13.1 Å². The Morgan fingerprint density at radius 1 is 1.21 bits per heavy atom. The van der Waals surface area contributed by atoms with Crippen molar-refractivity contribution in [1.82, 2.24) is 9.97 Å². The van der Waals surface area contributed by atoms with Crippen LogP contribution in [0.5, 0.6) is 6.01 Å². The van der Waals surface area contributed by atoms with Gasteiger partial charge in [0.05, 0.1) is 6.61 Å². The Hall–Kier alpha value is -2.31. The normalized spacial score (nSPS) is 15.2. The maximum Gasteiger partial charge on any atom is 0.421 e. The van der Waals surface area contributed by atoms with Gasteiger partial charge in [-0.25, -0.2) is 4.98 Å². The number of halogens is 3. The van der Waals surface area contributed by atoms with E-state index in [9.17, 15) is 13.2 Å². The van der Waals surface area contributed by atoms with E-state index in [2.05, 4.69) is 16.0 Å². The molecule has 1 fully saturated rings. The second-order valence-electron chi connectivity index (χ2n) is 7.73. The van der Waals surface area contributed by atoms with Gasteiger partial charge >= 0.3 is 12.2 Å². The Kier molecular flexibility index (Phi) is 6.10. The van der Waals surface area contributed by atoms with Crippen LogP contribution in [0.2, 0.25) is 0 Å². The summed E-state index contributed by atoms with van der Waals surface area (Å²) in [5.74, 6) is 0.491. The Bertz CT molecular complexity index is 802. The van der Waals surface area contributed by atoms with Crippen LogP contribution in [0, 0.1) is 5.92 Å². The van der Waals surface area contributed by atoms with Gasteiger partial charge in [0.1, 0.15) is 5.56 Å². The third-order valence-corrected chi connectivity index (χ3v) is 5.00. The van der Waals surface area contributed by atoms with Gasteiger partial charge in [0, 0.05) is 18.9 Å². The van der Waals surface area contributed by atoms with Gasteiger partial charge in [-0.05, 0) is 42.4 Å². The third-order valence-electron chi connectivity index (χ3n) is 5.00. The number of aromatic nitrogens is 2. The van der Waals surface area contributed by atoms with Crippen LogP contribution in [-0.4, -0.2) is 23.6 Å². The van der Waals surface area contributed by atoms with Crippen LogP contribution in [0.15, 0.2) is 30.5 Å². The van der Waals surface area contributed by atoms with Gasteiger partial charge in [0.25, 0.3) is 0 Å². The Morgan fingerprint density at radius 3 is 2.57 bits per heavy atom. The minimum absolute atomic E-state index is 0.0458. The summed E-state index contributed by atoms with van der Waals surface area (Å²) in [6, 6.07) is 7.66. The lowest BCUT2D eigenvalue weighted by molar-refractivity contribution is -0.137. The van der Waals surface area contributed by atoms with Gasteiger partial charge in [-0.2, -0.15) is 18.2 Å². The molecule has 0 aliphatic heterocycles. The number of rotatable bonds is 6. The highest BCUT2D eigenvalue weighted by atomic mass is 19.4. The van der Waals surface area contributed by atoms with E-state index in [1.807, 2.05) is 26.0 Å². The molecule has 1 aliphatic carbocycles. The zero-order chi connectivity index (χ0) is 20.3. The zero-order valence-corrected chi connectivity index (χ0v) is 16.5. The van der Waals surface area contributed by atoms with Crippen LogP contribution in [0.3, 0.4) is 0 Å². The van der Waals surface area contributed by atoms with Gasteiger partial charge in [-0.15, -0.1) is 0 Å². The van der Waals surface area contributed by atoms with Crippen LogP contribution in [-0.2, 0) is 6.18 Å². The quantitative estimate of drug-likeness (QED) is 0.607. The van der Waals surface area contributed by atoms with E-state index in [0.717, 1.165) is 19.0 Å². The molecule has 0 saturated heterocycles. The average Bonchev–Trinajstić information content (AvgIpc) is 3.19. The topological polar surface area (TPSA) is 38.2 Å². The van der Waals surface area contributed by atoms with E-state index in [1.165, 1.54) is 23.3 Å². The second kappa shape index (κ2) is 8.37. The molecule has 0 N–H and O–H groups in total. The number of anilines is 2. The van der Waals surface area contributed by atoms with Gasteiger partial charge < -0.3 is 9.64 Å². The number of alkyl halides is 3. The van der Waals surface area contributed by atoms with Crippen LogP contribution in [0.25, 0.3) is 0 Å². The molecule has 1 heterocycles. The van der Waals surface area contributed by atoms with Crippen molar-refractivity contribution in [2.75, 3.05) is 18.6 Å². The summed E-state index contributed by atoms with van der Waals surface area (Å²) in [6.45, 7) is 4.24. The SMILES string of the molecule is CC(C)COc1ncc(C(F)(F)F)c(N(C)c2cccc(C3CCCC3)c2)n1. The summed E-state index contributed by atoms with van der Waals surface area (Å²) in [4.78, 5) is 9.31. The zero-order valence-electron chi connectivity index (χ0n) is 16.5. The minimum atomic E-state index is -4.55. The Labute approximate surface area is 163 Å². The van der Waals surface area contributed by atoms with Crippen molar-refractivity contribution >= 4 is 11.5 Å². The number of hydrogen-bond donors (Lipinski definition) is 0. The van der Waals surface area contributed by atoms with Gasteiger partial charge in [0.15, 0.2) is 5.82 Å². The molecule has 0 bridgehead atoms. The van der Waals surface area contributed by atoms with E-state index < -0.39 is 11.7 Å². The highest BCUT2D eigenvalue weighted by Crippen LogP contribution is 2.39. The first-order valence-corrected chi connectivity index (χ1v) is 9.66. The Balaban J connectivity index is 1.95. The first-order chi connectivity index (χ1) is 13.3. The van der Waals surface area contributed by atoms with Crippen molar-refractivity contribution in [3.8, 4) is 6.01 Å². The maximum atomic E-state index is 13.5. The van der Waals surface area contributed by atoms with E-state index >= 15 is 0 Å². The second-order valence-corrected chi connectivity index (χ2v) is 7.73. The minimum Gasteiger partial charge on any atom is -0.463 e. The first-order valence-electron chi connectivity index (χ1n) is 9.66. The van der Waals surface area contributed by atoms with Crippen molar-refractivity contribution in [2.24, 2.45) is 5.92 Å². The smallest absolute Gasteiger partial charge is 0.421 e. The molecular weight excluding hydrogens is 367 g/mol. The fourth-order valence-corrected chi connectivity index (χ4v) is 3.49. The fraction of sp³-hybridized carbons (Fsp3) is 0.524. The molecule has 0 radical (unpaired) electrons.